The Morgan fingerprint density at radius 2 is 1.53 bits per heavy atom. The summed E-state index contributed by atoms with van der Waals surface area (Å²) < 4.78 is 26.3. The second-order valence-corrected chi connectivity index (χ2v) is 13.2. The molecule has 0 bridgehead atoms. The average molecular weight is 644 g/mol. The molecule has 1 fully saturated rings. The summed E-state index contributed by atoms with van der Waals surface area (Å²) in [5.41, 5.74) is 0.606. The molecule has 2 aromatic rings. The number of carbonyl (C=O) groups is 2. The molecule has 1 saturated carbocycles. The summed E-state index contributed by atoms with van der Waals surface area (Å²) in [4.78, 5) is 28.2. The zero-order valence-electron chi connectivity index (χ0n) is 20.8. The number of halogens is 5. The van der Waals surface area contributed by atoms with Crippen molar-refractivity contribution < 1.29 is 18.0 Å². The molecular weight excluding hydrogens is 616 g/mol. The molecule has 0 unspecified atom stereocenters. The number of nitrogens with one attached hydrogen (secondary N) is 1. The molecule has 7 nitrogen and oxygen atoms in total. The first-order valence-corrected chi connectivity index (χ1v) is 15.7. The van der Waals surface area contributed by atoms with Crippen LogP contribution in [0, 0.1) is 0 Å². The van der Waals surface area contributed by atoms with Crippen molar-refractivity contribution in [1.29, 1.82) is 0 Å². The molecule has 2 aromatic carbocycles. The second-order valence-electron chi connectivity index (χ2n) is 9.28. The van der Waals surface area contributed by atoms with E-state index in [1.807, 2.05) is 0 Å². The van der Waals surface area contributed by atoms with Crippen molar-refractivity contribution in [3.63, 3.8) is 0 Å². The van der Waals surface area contributed by atoms with E-state index in [1.54, 1.807) is 25.1 Å². The summed E-state index contributed by atoms with van der Waals surface area (Å²) in [6.07, 6.45) is 5.87. The van der Waals surface area contributed by atoms with Crippen LogP contribution in [0.3, 0.4) is 0 Å². The monoisotopic (exact) mass is 641 g/mol. The number of amides is 2. The topological polar surface area (TPSA) is 86.8 Å². The van der Waals surface area contributed by atoms with Gasteiger partial charge in [-0.1, -0.05) is 83.3 Å². The smallest absolute Gasteiger partial charge is 0.244 e. The third kappa shape index (κ3) is 8.05. The SMILES string of the molecule is C[C@H](C(=O)NC1CCCCC1)N(Cc1ccc(Cl)c(Cl)c1)C(=O)CN(c1cc(Cl)c(Cl)cc1Cl)S(C)(=O)=O. The van der Waals surface area contributed by atoms with Crippen LogP contribution in [0.1, 0.15) is 44.6 Å². The van der Waals surface area contributed by atoms with Gasteiger partial charge in [-0.15, -0.1) is 0 Å². The van der Waals surface area contributed by atoms with Gasteiger partial charge in [-0.2, -0.15) is 0 Å². The summed E-state index contributed by atoms with van der Waals surface area (Å²) >= 11 is 30.6. The van der Waals surface area contributed by atoms with Crippen LogP contribution in [0.15, 0.2) is 30.3 Å². The van der Waals surface area contributed by atoms with Gasteiger partial charge in [0.1, 0.15) is 12.6 Å². The molecule has 1 atom stereocenters. The van der Waals surface area contributed by atoms with E-state index >= 15 is 0 Å². The predicted molar refractivity (Wildman–Crippen MR) is 155 cm³/mol. The molecule has 0 aromatic heterocycles. The van der Waals surface area contributed by atoms with Crippen LogP contribution in [0.25, 0.3) is 0 Å². The van der Waals surface area contributed by atoms with Crippen LogP contribution in [0.5, 0.6) is 0 Å². The number of sulfonamides is 1. The van der Waals surface area contributed by atoms with Crippen molar-refractivity contribution in [3.8, 4) is 0 Å². The first-order valence-electron chi connectivity index (χ1n) is 11.9. The minimum absolute atomic E-state index is 0.00301. The standard InChI is InChI=1S/C25H28Cl5N3O4S/c1-15(25(35)31-17-6-4-3-5-7-17)32(13-16-8-9-18(26)19(27)10-16)24(34)14-33(38(2,36)37)23-12-21(29)20(28)11-22(23)30/h8-12,15,17H,3-7,13-14H2,1-2H3,(H,31,35)/t15-/m1/s1. The maximum absolute atomic E-state index is 13.7. The van der Waals surface area contributed by atoms with Gasteiger partial charge in [-0.25, -0.2) is 8.42 Å². The highest BCUT2D eigenvalue weighted by atomic mass is 35.5. The van der Waals surface area contributed by atoms with E-state index in [-0.39, 0.29) is 44.3 Å². The highest BCUT2D eigenvalue weighted by Crippen LogP contribution is 2.36. The lowest BCUT2D eigenvalue weighted by atomic mass is 9.95. The third-order valence-electron chi connectivity index (χ3n) is 6.39. The number of hydrogen-bond donors (Lipinski definition) is 1. The maximum atomic E-state index is 13.7. The fourth-order valence-electron chi connectivity index (χ4n) is 4.28. The second kappa shape index (κ2) is 13.3. The largest absolute Gasteiger partial charge is 0.352 e. The van der Waals surface area contributed by atoms with Crippen molar-refractivity contribution in [1.82, 2.24) is 10.2 Å². The molecule has 38 heavy (non-hydrogen) atoms. The Labute approximate surface area is 248 Å². The van der Waals surface area contributed by atoms with Crippen LogP contribution in [-0.4, -0.2) is 50.0 Å². The van der Waals surface area contributed by atoms with Crippen molar-refractivity contribution in [2.75, 3.05) is 17.1 Å². The highest BCUT2D eigenvalue weighted by molar-refractivity contribution is 7.92. The highest BCUT2D eigenvalue weighted by Gasteiger charge is 2.32. The molecule has 1 aliphatic carbocycles. The van der Waals surface area contributed by atoms with Crippen molar-refractivity contribution in [2.24, 2.45) is 0 Å². The first-order chi connectivity index (χ1) is 17.8. The molecule has 3 rings (SSSR count). The Morgan fingerprint density at radius 3 is 2.13 bits per heavy atom. The molecule has 0 spiro atoms. The number of nitrogens with zero attached hydrogens (tertiary/aromatic N) is 2. The molecule has 2 amide bonds. The van der Waals surface area contributed by atoms with Gasteiger partial charge in [0.25, 0.3) is 0 Å². The molecule has 0 saturated heterocycles. The molecule has 13 heteroatoms. The molecule has 208 valence electrons. The molecular formula is C25H28Cl5N3O4S. The zero-order chi connectivity index (χ0) is 28.2. The molecule has 0 heterocycles. The van der Waals surface area contributed by atoms with Crippen LogP contribution in [0.2, 0.25) is 25.1 Å². The maximum Gasteiger partial charge on any atom is 0.244 e. The predicted octanol–water partition coefficient (Wildman–Crippen LogP) is 6.59. The minimum atomic E-state index is -3.99. The van der Waals surface area contributed by atoms with Gasteiger partial charge >= 0.3 is 0 Å². The molecule has 1 N–H and O–H groups in total. The molecule has 0 radical (unpaired) electrons. The van der Waals surface area contributed by atoms with Crippen LogP contribution in [-0.2, 0) is 26.2 Å². The van der Waals surface area contributed by atoms with E-state index < -0.39 is 28.5 Å². The third-order valence-corrected chi connectivity index (χ3v) is 9.28. The van der Waals surface area contributed by atoms with Gasteiger partial charge in [-0.3, -0.25) is 13.9 Å². The van der Waals surface area contributed by atoms with Crippen molar-refractivity contribution in [3.05, 3.63) is 61.0 Å². The summed E-state index contributed by atoms with van der Waals surface area (Å²) in [6.45, 7) is 0.963. The van der Waals surface area contributed by atoms with E-state index in [1.165, 1.54) is 17.0 Å². The lowest BCUT2D eigenvalue weighted by Crippen LogP contribution is -2.53. The number of benzene rings is 2. The summed E-state index contributed by atoms with van der Waals surface area (Å²) in [5, 5.41) is 3.86. The Balaban J connectivity index is 1.94. The number of anilines is 1. The van der Waals surface area contributed by atoms with E-state index in [0.717, 1.165) is 42.7 Å². The summed E-state index contributed by atoms with van der Waals surface area (Å²) in [5.74, 6) is -0.960. The summed E-state index contributed by atoms with van der Waals surface area (Å²) in [6, 6.07) is 6.57. The zero-order valence-corrected chi connectivity index (χ0v) is 25.4. The summed E-state index contributed by atoms with van der Waals surface area (Å²) in [7, 11) is -3.99. The van der Waals surface area contributed by atoms with Gasteiger partial charge in [0, 0.05) is 12.6 Å². The fraction of sp³-hybridized carbons (Fsp3) is 0.440. The van der Waals surface area contributed by atoms with E-state index in [9.17, 15) is 18.0 Å². The van der Waals surface area contributed by atoms with Gasteiger partial charge in [0.05, 0.1) is 37.1 Å². The van der Waals surface area contributed by atoms with E-state index in [4.69, 9.17) is 58.0 Å². The van der Waals surface area contributed by atoms with Gasteiger partial charge < -0.3 is 10.2 Å². The van der Waals surface area contributed by atoms with Crippen LogP contribution >= 0.6 is 58.0 Å². The molecule has 0 aliphatic heterocycles. The number of hydrogen-bond acceptors (Lipinski definition) is 4. The quantitative estimate of drug-likeness (QED) is 0.313. The van der Waals surface area contributed by atoms with Crippen LogP contribution < -0.4 is 9.62 Å². The van der Waals surface area contributed by atoms with Crippen LogP contribution in [0.4, 0.5) is 5.69 Å². The van der Waals surface area contributed by atoms with Crippen molar-refractivity contribution >= 4 is 85.5 Å². The first kappa shape index (κ1) is 31.1. The lowest BCUT2D eigenvalue weighted by Gasteiger charge is -2.33. The Morgan fingerprint density at radius 1 is 0.921 bits per heavy atom. The van der Waals surface area contributed by atoms with Gasteiger partial charge in [-0.05, 0) is 49.6 Å². The van der Waals surface area contributed by atoms with E-state index in [0.29, 0.717) is 10.6 Å². The number of rotatable bonds is 9. The Kier molecular flexibility index (Phi) is 10.9. The average Bonchev–Trinajstić information content (AvgIpc) is 2.85. The van der Waals surface area contributed by atoms with Crippen molar-refractivity contribution in [2.45, 2.75) is 57.7 Å². The van der Waals surface area contributed by atoms with E-state index in [2.05, 4.69) is 5.32 Å². The normalized spacial score (nSPS) is 15.1. The minimum Gasteiger partial charge on any atom is -0.352 e. The van der Waals surface area contributed by atoms with Gasteiger partial charge in [0.15, 0.2) is 0 Å². The Hall–Kier alpha value is -1.42. The molecule has 1 aliphatic rings. The Bertz CT molecular complexity index is 1300. The lowest BCUT2D eigenvalue weighted by molar-refractivity contribution is -0.139. The van der Waals surface area contributed by atoms with Gasteiger partial charge in [0.2, 0.25) is 21.8 Å². The fourth-order valence-corrected chi connectivity index (χ4v) is 6.15. The number of carbonyl (C=O) groups excluding carboxylic acids is 2.